The lowest BCUT2D eigenvalue weighted by molar-refractivity contribution is 0.415. The summed E-state index contributed by atoms with van der Waals surface area (Å²) in [5, 5.41) is 0. The van der Waals surface area contributed by atoms with E-state index in [2.05, 4.69) is 4.98 Å². The van der Waals surface area contributed by atoms with E-state index in [4.69, 9.17) is 10.5 Å². The zero-order valence-corrected chi connectivity index (χ0v) is 8.77. The topological polar surface area (TPSA) is 48.1 Å². The minimum Gasteiger partial charge on any atom is -0.497 e. The van der Waals surface area contributed by atoms with Gasteiger partial charge in [0.2, 0.25) is 0 Å². The van der Waals surface area contributed by atoms with Crippen molar-refractivity contribution in [1.82, 2.24) is 4.98 Å². The highest BCUT2D eigenvalue weighted by atomic mass is 19.1. The van der Waals surface area contributed by atoms with Crippen molar-refractivity contribution in [3.63, 3.8) is 0 Å². The maximum Gasteiger partial charge on any atom is 0.136 e. The van der Waals surface area contributed by atoms with Gasteiger partial charge in [0.25, 0.3) is 0 Å². The molecule has 3 nitrogen and oxygen atoms in total. The Hall–Kier alpha value is -2.10. The molecule has 0 aliphatic heterocycles. The van der Waals surface area contributed by atoms with E-state index in [0.717, 1.165) is 0 Å². The summed E-state index contributed by atoms with van der Waals surface area (Å²) in [6, 6.07) is 8.33. The van der Waals surface area contributed by atoms with Gasteiger partial charge in [0.05, 0.1) is 7.11 Å². The molecule has 16 heavy (non-hydrogen) atoms. The average molecular weight is 218 g/mol. The number of methoxy groups -OCH3 is 1. The van der Waals surface area contributed by atoms with E-state index in [9.17, 15) is 4.39 Å². The lowest BCUT2D eigenvalue weighted by Crippen LogP contribution is -1.93. The molecule has 0 fully saturated rings. The van der Waals surface area contributed by atoms with Crippen LogP contribution in [0.2, 0.25) is 0 Å². The first-order valence-electron chi connectivity index (χ1n) is 4.76. The summed E-state index contributed by atoms with van der Waals surface area (Å²) >= 11 is 0. The average Bonchev–Trinajstić information content (AvgIpc) is 2.29. The number of ether oxygens (including phenoxy) is 1. The SMILES string of the molecule is COc1cccc(-c2cnc(N)cc2F)c1. The highest BCUT2D eigenvalue weighted by Gasteiger charge is 2.06. The lowest BCUT2D eigenvalue weighted by atomic mass is 10.1. The molecule has 0 aliphatic carbocycles. The third kappa shape index (κ3) is 1.95. The molecule has 0 bridgehead atoms. The van der Waals surface area contributed by atoms with Crippen LogP contribution in [-0.2, 0) is 0 Å². The molecular formula is C12H11FN2O. The summed E-state index contributed by atoms with van der Waals surface area (Å²) in [7, 11) is 1.57. The summed E-state index contributed by atoms with van der Waals surface area (Å²) in [5.41, 5.74) is 6.51. The summed E-state index contributed by atoms with van der Waals surface area (Å²) in [4.78, 5) is 3.87. The molecule has 4 heteroatoms. The van der Waals surface area contributed by atoms with Gasteiger partial charge in [0.15, 0.2) is 0 Å². The first-order valence-corrected chi connectivity index (χ1v) is 4.76. The predicted molar refractivity (Wildman–Crippen MR) is 60.6 cm³/mol. The predicted octanol–water partition coefficient (Wildman–Crippen LogP) is 2.48. The molecule has 2 rings (SSSR count). The Bertz CT molecular complexity index is 514. The van der Waals surface area contributed by atoms with Crippen LogP contribution in [0.3, 0.4) is 0 Å². The maximum absolute atomic E-state index is 13.6. The highest BCUT2D eigenvalue weighted by Crippen LogP contribution is 2.26. The van der Waals surface area contributed by atoms with Crippen LogP contribution >= 0.6 is 0 Å². The summed E-state index contributed by atoms with van der Waals surface area (Å²) in [6.07, 6.45) is 1.42. The molecule has 0 radical (unpaired) electrons. The summed E-state index contributed by atoms with van der Waals surface area (Å²) in [6.45, 7) is 0. The van der Waals surface area contributed by atoms with Crippen LogP contribution in [0.25, 0.3) is 11.1 Å². The van der Waals surface area contributed by atoms with Gasteiger partial charge in [-0.15, -0.1) is 0 Å². The Morgan fingerprint density at radius 1 is 1.31 bits per heavy atom. The molecular weight excluding hydrogens is 207 g/mol. The van der Waals surface area contributed by atoms with E-state index in [0.29, 0.717) is 16.9 Å². The number of hydrogen-bond acceptors (Lipinski definition) is 3. The van der Waals surface area contributed by atoms with Crippen molar-refractivity contribution >= 4 is 5.82 Å². The zero-order valence-electron chi connectivity index (χ0n) is 8.77. The molecule has 0 spiro atoms. The Labute approximate surface area is 92.7 Å². The van der Waals surface area contributed by atoms with Gasteiger partial charge in [0, 0.05) is 17.8 Å². The first kappa shape index (κ1) is 10.4. The van der Waals surface area contributed by atoms with Crippen LogP contribution in [0.15, 0.2) is 36.5 Å². The molecule has 0 atom stereocenters. The zero-order chi connectivity index (χ0) is 11.5. The second-order valence-electron chi connectivity index (χ2n) is 3.32. The number of anilines is 1. The van der Waals surface area contributed by atoms with Gasteiger partial charge < -0.3 is 10.5 Å². The fraction of sp³-hybridized carbons (Fsp3) is 0.0833. The van der Waals surface area contributed by atoms with Gasteiger partial charge in [-0.25, -0.2) is 9.37 Å². The van der Waals surface area contributed by atoms with Gasteiger partial charge in [-0.05, 0) is 17.7 Å². The quantitative estimate of drug-likeness (QED) is 0.842. The van der Waals surface area contributed by atoms with Gasteiger partial charge in [-0.2, -0.15) is 0 Å². The molecule has 0 saturated carbocycles. The molecule has 1 heterocycles. The maximum atomic E-state index is 13.6. The largest absolute Gasteiger partial charge is 0.497 e. The van der Waals surface area contributed by atoms with Crippen molar-refractivity contribution in [2.45, 2.75) is 0 Å². The number of nitrogen functional groups attached to an aromatic ring is 1. The van der Waals surface area contributed by atoms with Crippen LogP contribution in [0.5, 0.6) is 5.75 Å². The smallest absolute Gasteiger partial charge is 0.136 e. The Balaban J connectivity index is 2.49. The van der Waals surface area contributed by atoms with E-state index >= 15 is 0 Å². The number of rotatable bonds is 2. The molecule has 2 N–H and O–H groups in total. The third-order valence-corrected chi connectivity index (χ3v) is 2.26. The number of hydrogen-bond donors (Lipinski definition) is 1. The lowest BCUT2D eigenvalue weighted by Gasteiger charge is -2.05. The normalized spacial score (nSPS) is 10.1. The molecule has 0 saturated heterocycles. The van der Waals surface area contributed by atoms with Crippen molar-refractivity contribution < 1.29 is 9.13 Å². The van der Waals surface area contributed by atoms with Gasteiger partial charge in [-0.1, -0.05) is 12.1 Å². The number of pyridine rings is 1. The Morgan fingerprint density at radius 3 is 2.81 bits per heavy atom. The molecule has 0 unspecified atom stereocenters. The summed E-state index contributed by atoms with van der Waals surface area (Å²) < 4.78 is 18.7. The fourth-order valence-electron chi connectivity index (χ4n) is 1.45. The Morgan fingerprint density at radius 2 is 2.12 bits per heavy atom. The standard InChI is InChI=1S/C12H11FN2O/c1-16-9-4-2-3-8(5-9)10-7-15-12(14)6-11(10)13/h2-7H,1H3,(H2,14,15). The second kappa shape index (κ2) is 4.18. The van der Waals surface area contributed by atoms with Crippen molar-refractivity contribution in [2.75, 3.05) is 12.8 Å². The number of aromatic nitrogens is 1. The number of benzene rings is 1. The molecule has 1 aromatic carbocycles. The van der Waals surface area contributed by atoms with Crippen molar-refractivity contribution in [3.05, 3.63) is 42.3 Å². The van der Waals surface area contributed by atoms with E-state index < -0.39 is 0 Å². The molecule has 0 amide bonds. The van der Waals surface area contributed by atoms with Crippen LogP contribution in [0.1, 0.15) is 0 Å². The van der Waals surface area contributed by atoms with Crippen molar-refractivity contribution in [1.29, 1.82) is 0 Å². The van der Waals surface area contributed by atoms with Crippen LogP contribution in [0.4, 0.5) is 10.2 Å². The van der Waals surface area contributed by atoms with Crippen LogP contribution in [-0.4, -0.2) is 12.1 Å². The minimum atomic E-state index is -0.388. The van der Waals surface area contributed by atoms with Crippen LogP contribution in [0, 0.1) is 5.82 Å². The fourth-order valence-corrected chi connectivity index (χ4v) is 1.45. The van der Waals surface area contributed by atoms with Crippen molar-refractivity contribution in [2.24, 2.45) is 0 Å². The number of nitrogens with two attached hydrogens (primary N) is 1. The van der Waals surface area contributed by atoms with Gasteiger partial charge in [0.1, 0.15) is 17.4 Å². The van der Waals surface area contributed by atoms with E-state index in [-0.39, 0.29) is 11.6 Å². The van der Waals surface area contributed by atoms with Crippen molar-refractivity contribution in [3.8, 4) is 16.9 Å². The molecule has 82 valence electrons. The summed E-state index contributed by atoms with van der Waals surface area (Å²) in [5.74, 6) is 0.457. The highest BCUT2D eigenvalue weighted by molar-refractivity contribution is 5.65. The second-order valence-corrected chi connectivity index (χ2v) is 3.32. The minimum absolute atomic E-state index is 0.171. The first-order chi connectivity index (χ1) is 7.70. The molecule has 0 aliphatic rings. The molecule has 2 aromatic rings. The van der Waals surface area contributed by atoms with Gasteiger partial charge >= 0.3 is 0 Å². The monoisotopic (exact) mass is 218 g/mol. The van der Waals surface area contributed by atoms with E-state index in [1.807, 2.05) is 0 Å². The number of halogens is 1. The number of nitrogens with zero attached hydrogens (tertiary/aromatic N) is 1. The van der Waals surface area contributed by atoms with E-state index in [1.54, 1.807) is 31.4 Å². The molecule has 1 aromatic heterocycles. The Kier molecular flexibility index (Phi) is 2.72. The van der Waals surface area contributed by atoms with Crippen LogP contribution < -0.4 is 10.5 Å². The van der Waals surface area contributed by atoms with E-state index in [1.165, 1.54) is 12.3 Å². The third-order valence-electron chi connectivity index (χ3n) is 2.26. The van der Waals surface area contributed by atoms with Gasteiger partial charge in [-0.3, -0.25) is 0 Å².